The van der Waals surface area contributed by atoms with Crippen LogP contribution in [0.2, 0.25) is 0 Å². The summed E-state index contributed by atoms with van der Waals surface area (Å²) >= 11 is 5.13. The monoisotopic (exact) mass is 216 g/mol. The molecule has 1 rings (SSSR count). The van der Waals surface area contributed by atoms with Crippen molar-refractivity contribution in [2.75, 3.05) is 33.9 Å². The number of rotatable bonds is 3. The lowest BCUT2D eigenvalue weighted by Crippen LogP contribution is -2.36. The molecule has 14 heavy (non-hydrogen) atoms. The van der Waals surface area contributed by atoms with Crippen molar-refractivity contribution >= 4 is 17.3 Å². The Morgan fingerprint density at radius 1 is 1.50 bits per heavy atom. The molecule has 0 unspecified atom stereocenters. The maximum absolute atomic E-state index is 5.32. The molecular weight excluding hydrogens is 196 g/mol. The van der Waals surface area contributed by atoms with Crippen LogP contribution >= 0.6 is 12.2 Å². The smallest absolute Gasteiger partial charge is 0.168 e. The van der Waals surface area contributed by atoms with Crippen LogP contribution in [-0.2, 0) is 4.74 Å². The lowest BCUT2D eigenvalue weighted by Gasteiger charge is -2.25. The van der Waals surface area contributed by atoms with E-state index in [2.05, 4.69) is 10.2 Å². The summed E-state index contributed by atoms with van der Waals surface area (Å²) in [5.74, 6) is 0.825. The largest absolute Gasteiger partial charge is 0.381 e. The van der Waals surface area contributed by atoms with Gasteiger partial charge in [-0.25, -0.2) is 0 Å². The van der Waals surface area contributed by atoms with E-state index in [4.69, 9.17) is 17.0 Å². The maximum Gasteiger partial charge on any atom is 0.168 e. The molecule has 4 heteroatoms. The van der Waals surface area contributed by atoms with Crippen molar-refractivity contribution in [3.8, 4) is 0 Å². The van der Waals surface area contributed by atoms with Crippen LogP contribution in [0.25, 0.3) is 0 Å². The highest BCUT2D eigenvalue weighted by atomic mass is 32.1. The first-order valence-electron chi connectivity index (χ1n) is 5.24. The summed E-state index contributed by atoms with van der Waals surface area (Å²) in [6.45, 7) is 2.92. The molecule has 1 fully saturated rings. The average Bonchev–Trinajstić information content (AvgIpc) is 2.26. The second kappa shape index (κ2) is 6.19. The third-order valence-electron chi connectivity index (χ3n) is 2.77. The number of hydrogen-bond acceptors (Lipinski definition) is 2. The Morgan fingerprint density at radius 2 is 2.14 bits per heavy atom. The fourth-order valence-electron chi connectivity index (χ4n) is 1.70. The van der Waals surface area contributed by atoms with Crippen molar-refractivity contribution < 1.29 is 4.74 Å². The van der Waals surface area contributed by atoms with Gasteiger partial charge < -0.3 is 15.0 Å². The fraction of sp³-hybridized carbons (Fsp3) is 0.900. The molecule has 0 radical (unpaired) electrons. The molecule has 1 saturated heterocycles. The first kappa shape index (κ1) is 11.7. The predicted molar refractivity (Wildman–Crippen MR) is 62.4 cm³/mol. The Hall–Kier alpha value is -0.350. The lowest BCUT2D eigenvalue weighted by molar-refractivity contribution is 0.0626. The molecule has 0 aliphatic carbocycles. The normalized spacial score (nSPS) is 17.9. The molecule has 0 saturated carbocycles. The highest BCUT2D eigenvalue weighted by Gasteiger charge is 2.14. The van der Waals surface area contributed by atoms with E-state index in [-0.39, 0.29) is 0 Å². The van der Waals surface area contributed by atoms with Crippen LogP contribution in [0.5, 0.6) is 0 Å². The SMILES string of the molecule is CNC(=S)N(C)CCC1CCOCC1. The van der Waals surface area contributed by atoms with Crippen molar-refractivity contribution in [3.63, 3.8) is 0 Å². The van der Waals surface area contributed by atoms with Crippen LogP contribution in [0.1, 0.15) is 19.3 Å². The van der Waals surface area contributed by atoms with Gasteiger partial charge in [0.25, 0.3) is 0 Å². The minimum absolute atomic E-state index is 0.825. The van der Waals surface area contributed by atoms with Crippen LogP contribution in [-0.4, -0.2) is 43.9 Å². The van der Waals surface area contributed by atoms with Gasteiger partial charge >= 0.3 is 0 Å². The van der Waals surface area contributed by atoms with Gasteiger partial charge in [0.1, 0.15) is 0 Å². The van der Waals surface area contributed by atoms with Gasteiger partial charge in [-0.15, -0.1) is 0 Å². The minimum Gasteiger partial charge on any atom is -0.381 e. The molecule has 82 valence electrons. The zero-order valence-electron chi connectivity index (χ0n) is 9.08. The minimum atomic E-state index is 0.825. The van der Waals surface area contributed by atoms with E-state index in [0.717, 1.165) is 30.8 Å². The summed E-state index contributed by atoms with van der Waals surface area (Å²) in [4.78, 5) is 2.10. The molecule has 0 aromatic rings. The Kier molecular flexibility index (Phi) is 5.19. The summed E-state index contributed by atoms with van der Waals surface area (Å²) in [6, 6.07) is 0. The summed E-state index contributed by atoms with van der Waals surface area (Å²) < 4.78 is 5.32. The van der Waals surface area contributed by atoms with Crippen LogP contribution in [0.4, 0.5) is 0 Å². The van der Waals surface area contributed by atoms with Crippen molar-refractivity contribution in [3.05, 3.63) is 0 Å². The van der Waals surface area contributed by atoms with Gasteiger partial charge in [0, 0.05) is 33.9 Å². The highest BCUT2D eigenvalue weighted by Crippen LogP contribution is 2.18. The number of ether oxygens (including phenoxy) is 1. The molecule has 0 atom stereocenters. The van der Waals surface area contributed by atoms with Crippen LogP contribution in [0, 0.1) is 5.92 Å². The fourth-order valence-corrected chi connectivity index (χ4v) is 1.79. The van der Waals surface area contributed by atoms with E-state index < -0.39 is 0 Å². The van der Waals surface area contributed by atoms with Crippen molar-refractivity contribution in [1.82, 2.24) is 10.2 Å². The Bertz CT molecular complexity index is 181. The molecule has 3 nitrogen and oxygen atoms in total. The van der Waals surface area contributed by atoms with Crippen molar-refractivity contribution in [2.45, 2.75) is 19.3 Å². The first-order valence-corrected chi connectivity index (χ1v) is 5.65. The molecule has 1 aliphatic heterocycles. The number of nitrogens with zero attached hydrogens (tertiary/aromatic N) is 1. The summed E-state index contributed by atoms with van der Waals surface area (Å²) in [5, 5.41) is 3.82. The van der Waals surface area contributed by atoms with E-state index in [1.54, 1.807) is 0 Å². The molecule has 0 aromatic carbocycles. The number of thiocarbonyl (C=S) groups is 1. The maximum atomic E-state index is 5.32. The summed E-state index contributed by atoms with van der Waals surface area (Å²) in [5.41, 5.74) is 0. The van der Waals surface area contributed by atoms with Gasteiger partial charge in [0.2, 0.25) is 0 Å². The number of hydrogen-bond donors (Lipinski definition) is 1. The second-order valence-corrected chi connectivity index (χ2v) is 4.21. The second-order valence-electron chi connectivity index (χ2n) is 3.82. The third kappa shape index (κ3) is 3.80. The summed E-state index contributed by atoms with van der Waals surface area (Å²) in [7, 11) is 3.91. The van der Waals surface area contributed by atoms with E-state index in [1.165, 1.54) is 19.3 Å². The number of nitrogens with one attached hydrogen (secondary N) is 1. The zero-order chi connectivity index (χ0) is 10.4. The van der Waals surface area contributed by atoms with Crippen LogP contribution in [0.3, 0.4) is 0 Å². The van der Waals surface area contributed by atoms with Crippen molar-refractivity contribution in [1.29, 1.82) is 0 Å². The standard InChI is InChI=1S/C10H20N2OS/c1-11-10(14)12(2)6-3-9-4-7-13-8-5-9/h9H,3-8H2,1-2H3,(H,11,14). The third-order valence-corrected chi connectivity index (χ3v) is 3.29. The van der Waals surface area contributed by atoms with Gasteiger partial charge in [-0.2, -0.15) is 0 Å². The van der Waals surface area contributed by atoms with Crippen LogP contribution in [0.15, 0.2) is 0 Å². The van der Waals surface area contributed by atoms with Crippen molar-refractivity contribution in [2.24, 2.45) is 5.92 Å². The average molecular weight is 216 g/mol. The van der Waals surface area contributed by atoms with E-state index in [1.807, 2.05) is 14.1 Å². The molecule has 0 amide bonds. The lowest BCUT2D eigenvalue weighted by atomic mass is 9.96. The predicted octanol–water partition coefficient (Wildman–Crippen LogP) is 1.24. The van der Waals surface area contributed by atoms with E-state index in [0.29, 0.717) is 0 Å². The Labute approximate surface area is 91.8 Å². The summed E-state index contributed by atoms with van der Waals surface area (Å²) in [6.07, 6.45) is 3.64. The quantitative estimate of drug-likeness (QED) is 0.717. The molecule has 1 N–H and O–H groups in total. The Morgan fingerprint density at radius 3 is 2.71 bits per heavy atom. The topological polar surface area (TPSA) is 24.5 Å². The van der Waals surface area contributed by atoms with Gasteiger partial charge in [-0.3, -0.25) is 0 Å². The van der Waals surface area contributed by atoms with Gasteiger partial charge in [-0.1, -0.05) is 0 Å². The molecule has 1 heterocycles. The molecule has 0 bridgehead atoms. The first-order chi connectivity index (χ1) is 6.74. The molecular formula is C10H20N2OS. The molecule has 1 aliphatic rings. The Balaban J connectivity index is 2.15. The molecule has 0 spiro atoms. The van der Waals surface area contributed by atoms with Gasteiger partial charge in [0.15, 0.2) is 5.11 Å². The van der Waals surface area contributed by atoms with E-state index >= 15 is 0 Å². The zero-order valence-corrected chi connectivity index (χ0v) is 9.90. The van der Waals surface area contributed by atoms with E-state index in [9.17, 15) is 0 Å². The molecule has 0 aromatic heterocycles. The van der Waals surface area contributed by atoms with Crippen LogP contribution < -0.4 is 5.32 Å². The van der Waals surface area contributed by atoms with Gasteiger partial charge in [-0.05, 0) is 37.4 Å². The highest BCUT2D eigenvalue weighted by molar-refractivity contribution is 7.80. The van der Waals surface area contributed by atoms with Gasteiger partial charge in [0.05, 0.1) is 0 Å².